The Morgan fingerprint density at radius 1 is 1.43 bits per heavy atom. The Labute approximate surface area is 130 Å². The lowest BCUT2D eigenvalue weighted by molar-refractivity contribution is -0.149. The number of likely N-dealkylation sites (tertiary alicyclic amines) is 1. The number of amides is 1. The number of carbonyl (C=O) groups excluding carboxylic acids is 2. The summed E-state index contributed by atoms with van der Waals surface area (Å²) >= 11 is 1.55. The minimum atomic E-state index is -0.174. The van der Waals surface area contributed by atoms with Gasteiger partial charge in [-0.15, -0.1) is 11.3 Å². The van der Waals surface area contributed by atoms with Crippen molar-refractivity contribution in [3.8, 4) is 0 Å². The molecule has 1 aromatic rings. The van der Waals surface area contributed by atoms with Gasteiger partial charge in [0.05, 0.1) is 17.4 Å². The lowest BCUT2D eigenvalue weighted by Gasteiger charge is -2.31. The van der Waals surface area contributed by atoms with E-state index in [9.17, 15) is 9.59 Å². The highest BCUT2D eigenvalue weighted by molar-refractivity contribution is 7.14. The van der Waals surface area contributed by atoms with Gasteiger partial charge in [0.15, 0.2) is 0 Å². The standard InChI is InChI=1S/C16H23NO3S/c1-4-12-9-14(21-11(12)3)15(18)17-8-6-7-13(10-17)16(19)20-5-2/h9,13H,4-8,10H2,1-3H3/t13-/m1/s1. The monoisotopic (exact) mass is 309 g/mol. The van der Waals surface area contributed by atoms with Crippen LogP contribution in [0.4, 0.5) is 0 Å². The average molecular weight is 309 g/mol. The number of nitrogens with zero attached hydrogens (tertiary/aromatic N) is 1. The molecule has 1 fully saturated rings. The second kappa shape index (κ2) is 7.07. The van der Waals surface area contributed by atoms with Crippen molar-refractivity contribution >= 4 is 23.2 Å². The molecule has 0 aromatic carbocycles. The van der Waals surface area contributed by atoms with Gasteiger partial charge in [-0.3, -0.25) is 9.59 Å². The number of esters is 1. The minimum Gasteiger partial charge on any atom is -0.466 e. The Kier molecular flexibility index (Phi) is 5.39. The van der Waals surface area contributed by atoms with Crippen molar-refractivity contribution in [2.24, 2.45) is 5.92 Å². The van der Waals surface area contributed by atoms with E-state index >= 15 is 0 Å². The van der Waals surface area contributed by atoms with Gasteiger partial charge < -0.3 is 9.64 Å². The Balaban J connectivity index is 2.06. The zero-order chi connectivity index (χ0) is 15.4. The summed E-state index contributed by atoms with van der Waals surface area (Å²) in [7, 11) is 0. The highest BCUT2D eigenvalue weighted by Gasteiger charge is 2.30. The maximum absolute atomic E-state index is 12.6. The summed E-state index contributed by atoms with van der Waals surface area (Å²) in [6, 6.07) is 2.00. The van der Waals surface area contributed by atoms with Gasteiger partial charge in [-0.25, -0.2) is 0 Å². The Hall–Kier alpha value is -1.36. The van der Waals surface area contributed by atoms with Crippen LogP contribution in [0.3, 0.4) is 0 Å². The van der Waals surface area contributed by atoms with E-state index in [0.29, 0.717) is 13.2 Å². The van der Waals surface area contributed by atoms with Gasteiger partial charge in [0, 0.05) is 18.0 Å². The smallest absolute Gasteiger partial charge is 0.310 e. The molecule has 5 heteroatoms. The molecule has 1 saturated heterocycles. The molecule has 0 saturated carbocycles. The van der Waals surface area contributed by atoms with E-state index in [1.54, 1.807) is 16.2 Å². The molecule has 0 N–H and O–H groups in total. The van der Waals surface area contributed by atoms with Gasteiger partial charge in [0.25, 0.3) is 5.91 Å². The van der Waals surface area contributed by atoms with Gasteiger partial charge in [-0.2, -0.15) is 0 Å². The van der Waals surface area contributed by atoms with E-state index in [-0.39, 0.29) is 17.8 Å². The zero-order valence-electron chi connectivity index (χ0n) is 13.0. The van der Waals surface area contributed by atoms with Crippen LogP contribution in [-0.2, 0) is 16.0 Å². The number of ether oxygens (including phenoxy) is 1. The van der Waals surface area contributed by atoms with Crippen LogP contribution in [0.1, 0.15) is 46.8 Å². The fourth-order valence-corrected chi connectivity index (χ4v) is 3.83. The van der Waals surface area contributed by atoms with Crippen LogP contribution >= 0.6 is 11.3 Å². The van der Waals surface area contributed by atoms with Crippen molar-refractivity contribution in [3.05, 3.63) is 21.4 Å². The van der Waals surface area contributed by atoms with E-state index in [0.717, 1.165) is 30.7 Å². The molecule has 0 bridgehead atoms. The topological polar surface area (TPSA) is 46.6 Å². The van der Waals surface area contributed by atoms with E-state index in [1.807, 2.05) is 13.0 Å². The average Bonchev–Trinajstić information content (AvgIpc) is 2.88. The number of aryl methyl sites for hydroxylation is 2. The molecule has 1 aliphatic rings. The molecule has 0 unspecified atom stereocenters. The second-order valence-electron chi connectivity index (χ2n) is 5.39. The summed E-state index contributed by atoms with van der Waals surface area (Å²) in [6.45, 7) is 7.57. The number of rotatable bonds is 4. The first-order valence-electron chi connectivity index (χ1n) is 7.62. The second-order valence-corrected chi connectivity index (χ2v) is 6.64. The number of carbonyl (C=O) groups is 2. The van der Waals surface area contributed by atoms with Crippen molar-refractivity contribution < 1.29 is 14.3 Å². The maximum atomic E-state index is 12.6. The Morgan fingerprint density at radius 3 is 2.81 bits per heavy atom. The summed E-state index contributed by atoms with van der Waals surface area (Å²) in [6.07, 6.45) is 2.62. The van der Waals surface area contributed by atoms with Crippen LogP contribution in [0, 0.1) is 12.8 Å². The van der Waals surface area contributed by atoms with Crippen LogP contribution in [0.25, 0.3) is 0 Å². The number of hydrogen-bond donors (Lipinski definition) is 0. The van der Waals surface area contributed by atoms with E-state index in [1.165, 1.54) is 10.4 Å². The van der Waals surface area contributed by atoms with Crippen LogP contribution in [0.2, 0.25) is 0 Å². The normalized spacial score (nSPS) is 18.6. The zero-order valence-corrected chi connectivity index (χ0v) is 13.8. The summed E-state index contributed by atoms with van der Waals surface area (Å²) in [5, 5.41) is 0. The van der Waals surface area contributed by atoms with Gasteiger partial charge in [-0.1, -0.05) is 6.92 Å². The summed E-state index contributed by atoms with van der Waals surface area (Å²) in [5.74, 6) is -0.294. The lowest BCUT2D eigenvalue weighted by Crippen LogP contribution is -2.42. The maximum Gasteiger partial charge on any atom is 0.310 e. The molecule has 1 aromatic heterocycles. The number of hydrogen-bond acceptors (Lipinski definition) is 4. The summed E-state index contributed by atoms with van der Waals surface area (Å²) < 4.78 is 5.08. The molecule has 4 nitrogen and oxygen atoms in total. The van der Waals surface area contributed by atoms with Crippen LogP contribution in [0.5, 0.6) is 0 Å². The molecule has 0 radical (unpaired) electrons. The van der Waals surface area contributed by atoms with Crippen molar-refractivity contribution in [2.75, 3.05) is 19.7 Å². The van der Waals surface area contributed by atoms with Crippen molar-refractivity contribution in [2.45, 2.75) is 40.0 Å². The molecule has 116 valence electrons. The Morgan fingerprint density at radius 2 is 2.19 bits per heavy atom. The predicted molar refractivity (Wildman–Crippen MR) is 83.7 cm³/mol. The fourth-order valence-electron chi connectivity index (χ4n) is 2.75. The van der Waals surface area contributed by atoms with Crippen LogP contribution < -0.4 is 0 Å². The predicted octanol–water partition coefficient (Wildman–Crippen LogP) is 3.03. The molecular formula is C16H23NO3S. The molecule has 1 aliphatic heterocycles. The molecule has 1 amide bonds. The SMILES string of the molecule is CCOC(=O)[C@@H]1CCCN(C(=O)c2cc(CC)c(C)s2)C1. The minimum absolute atomic E-state index is 0.0526. The van der Waals surface area contributed by atoms with Gasteiger partial charge in [0.2, 0.25) is 0 Å². The molecular weight excluding hydrogens is 286 g/mol. The lowest BCUT2D eigenvalue weighted by atomic mass is 9.98. The largest absolute Gasteiger partial charge is 0.466 e. The third-order valence-electron chi connectivity index (χ3n) is 3.94. The quantitative estimate of drug-likeness (QED) is 0.803. The summed E-state index contributed by atoms with van der Waals surface area (Å²) in [5.41, 5.74) is 1.24. The highest BCUT2D eigenvalue weighted by atomic mass is 32.1. The van der Waals surface area contributed by atoms with Gasteiger partial charge >= 0.3 is 5.97 Å². The molecule has 21 heavy (non-hydrogen) atoms. The van der Waals surface area contributed by atoms with Crippen molar-refractivity contribution in [3.63, 3.8) is 0 Å². The third kappa shape index (κ3) is 3.64. The van der Waals surface area contributed by atoms with E-state index in [4.69, 9.17) is 4.74 Å². The van der Waals surface area contributed by atoms with Crippen molar-refractivity contribution in [1.82, 2.24) is 4.90 Å². The molecule has 1 atom stereocenters. The number of thiophene rings is 1. The summed E-state index contributed by atoms with van der Waals surface area (Å²) in [4.78, 5) is 28.2. The number of piperidine rings is 1. The molecule has 2 heterocycles. The molecule has 0 aliphatic carbocycles. The molecule has 2 rings (SSSR count). The highest BCUT2D eigenvalue weighted by Crippen LogP contribution is 2.26. The first-order valence-corrected chi connectivity index (χ1v) is 8.43. The van der Waals surface area contributed by atoms with Crippen molar-refractivity contribution in [1.29, 1.82) is 0 Å². The first kappa shape index (κ1) is 16.0. The van der Waals surface area contributed by atoms with Gasteiger partial charge in [0.1, 0.15) is 0 Å². The van der Waals surface area contributed by atoms with E-state index in [2.05, 4.69) is 13.8 Å². The van der Waals surface area contributed by atoms with Gasteiger partial charge in [-0.05, 0) is 44.7 Å². The van der Waals surface area contributed by atoms with E-state index < -0.39 is 0 Å². The van der Waals surface area contributed by atoms with Crippen LogP contribution in [0.15, 0.2) is 6.07 Å². The molecule has 0 spiro atoms. The fraction of sp³-hybridized carbons (Fsp3) is 0.625. The van der Waals surface area contributed by atoms with Crippen LogP contribution in [-0.4, -0.2) is 36.5 Å². The third-order valence-corrected chi connectivity index (χ3v) is 5.02. The Bertz CT molecular complexity index is 524. The first-order chi connectivity index (χ1) is 10.1.